The number of unbranched alkanes of at least 4 members (excludes halogenated alkanes) is 51. The summed E-state index contributed by atoms with van der Waals surface area (Å²) in [6.07, 6.45) is 65.7. The highest BCUT2D eigenvalue weighted by atomic mass is 31.2. The summed E-state index contributed by atoms with van der Waals surface area (Å²) in [4.78, 5) is 72.8. The fraction of sp³-hybridized carbons (Fsp3) is 0.952. The van der Waals surface area contributed by atoms with Gasteiger partial charge in [-0.1, -0.05) is 388 Å². The Labute approximate surface area is 626 Å². The maximum absolute atomic E-state index is 13.1. The Bertz CT molecular complexity index is 1960. The second kappa shape index (κ2) is 74.5. The Hall–Kier alpha value is -1.94. The highest BCUT2D eigenvalue weighted by Crippen LogP contribution is 2.45. The van der Waals surface area contributed by atoms with Crippen LogP contribution in [0.15, 0.2) is 0 Å². The van der Waals surface area contributed by atoms with E-state index >= 15 is 0 Å². The van der Waals surface area contributed by atoms with E-state index < -0.39 is 97.5 Å². The molecule has 0 aliphatic carbocycles. The molecule has 0 aromatic heterocycles. The Balaban J connectivity index is 5.11. The fourth-order valence-electron chi connectivity index (χ4n) is 12.9. The lowest BCUT2D eigenvalue weighted by Crippen LogP contribution is -2.30. The molecule has 0 saturated carbocycles. The van der Waals surface area contributed by atoms with Crippen LogP contribution >= 0.6 is 15.6 Å². The van der Waals surface area contributed by atoms with Gasteiger partial charge in [-0.25, -0.2) is 9.13 Å². The smallest absolute Gasteiger partial charge is 0.462 e. The summed E-state index contributed by atoms with van der Waals surface area (Å²) in [6.45, 7) is 9.65. The minimum atomic E-state index is -4.96. The number of phosphoric acid groups is 2. The van der Waals surface area contributed by atoms with E-state index in [0.29, 0.717) is 25.7 Å². The lowest BCUT2D eigenvalue weighted by Gasteiger charge is -2.21. The van der Waals surface area contributed by atoms with E-state index in [-0.39, 0.29) is 25.7 Å². The molecule has 0 aliphatic heterocycles. The molecule has 3 N–H and O–H groups in total. The molecule has 606 valence electrons. The van der Waals surface area contributed by atoms with Crippen LogP contribution in [-0.2, 0) is 65.4 Å². The second-order valence-electron chi connectivity index (χ2n) is 30.6. The summed E-state index contributed by atoms with van der Waals surface area (Å²) in [5.41, 5.74) is 0. The van der Waals surface area contributed by atoms with Crippen molar-refractivity contribution in [3.8, 4) is 0 Å². The minimum absolute atomic E-state index is 0.108. The Kier molecular flexibility index (Phi) is 73.1. The van der Waals surface area contributed by atoms with E-state index in [1.54, 1.807) is 0 Å². The normalized spacial score (nSPS) is 14.1. The van der Waals surface area contributed by atoms with E-state index in [1.165, 1.54) is 250 Å². The van der Waals surface area contributed by atoms with Crippen LogP contribution in [0.5, 0.6) is 0 Å². The number of carbonyl (C=O) groups excluding carboxylic acids is 4. The van der Waals surface area contributed by atoms with Crippen molar-refractivity contribution in [3.05, 3.63) is 0 Å². The van der Waals surface area contributed by atoms with Gasteiger partial charge in [0.25, 0.3) is 0 Å². The second-order valence-corrected chi connectivity index (χ2v) is 33.5. The molecule has 0 radical (unpaired) electrons. The van der Waals surface area contributed by atoms with Gasteiger partial charge in [-0.05, 0) is 37.5 Å². The number of rotatable bonds is 82. The van der Waals surface area contributed by atoms with Gasteiger partial charge in [0.15, 0.2) is 12.2 Å². The van der Waals surface area contributed by atoms with Gasteiger partial charge in [-0.3, -0.25) is 37.3 Å². The zero-order valence-electron chi connectivity index (χ0n) is 66.9. The van der Waals surface area contributed by atoms with Crippen molar-refractivity contribution < 1.29 is 80.2 Å². The lowest BCUT2D eigenvalue weighted by atomic mass is 9.99. The van der Waals surface area contributed by atoms with Crippen molar-refractivity contribution in [1.29, 1.82) is 0 Å². The first kappa shape index (κ1) is 100. The van der Waals surface area contributed by atoms with Crippen LogP contribution in [0.4, 0.5) is 0 Å². The molecule has 0 saturated heterocycles. The van der Waals surface area contributed by atoms with Gasteiger partial charge < -0.3 is 33.8 Å². The molecule has 17 nitrogen and oxygen atoms in total. The quantitative estimate of drug-likeness (QED) is 0.0222. The van der Waals surface area contributed by atoms with Gasteiger partial charge in [-0.2, -0.15) is 0 Å². The van der Waals surface area contributed by atoms with Crippen molar-refractivity contribution >= 4 is 39.5 Å². The van der Waals surface area contributed by atoms with Crippen LogP contribution in [0.3, 0.4) is 0 Å². The zero-order chi connectivity index (χ0) is 74.9. The van der Waals surface area contributed by atoms with Crippen LogP contribution in [0, 0.1) is 11.8 Å². The fourth-order valence-corrected chi connectivity index (χ4v) is 14.4. The molecule has 0 aromatic carbocycles. The van der Waals surface area contributed by atoms with E-state index in [2.05, 4.69) is 41.5 Å². The van der Waals surface area contributed by atoms with Crippen molar-refractivity contribution in [2.45, 2.75) is 458 Å². The van der Waals surface area contributed by atoms with Gasteiger partial charge in [0.1, 0.15) is 19.3 Å². The predicted molar refractivity (Wildman–Crippen MR) is 418 cm³/mol. The average Bonchev–Trinajstić information content (AvgIpc) is 0.929. The lowest BCUT2D eigenvalue weighted by molar-refractivity contribution is -0.161. The third-order valence-corrected chi connectivity index (χ3v) is 21.7. The summed E-state index contributed by atoms with van der Waals surface area (Å²) in [5.74, 6) is -0.447. The molecule has 0 heterocycles. The highest BCUT2D eigenvalue weighted by molar-refractivity contribution is 7.47. The number of aliphatic hydroxyl groups is 1. The van der Waals surface area contributed by atoms with Crippen molar-refractivity contribution in [1.82, 2.24) is 0 Å². The number of hydrogen-bond acceptors (Lipinski definition) is 15. The van der Waals surface area contributed by atoms with Gasteiger partial charge in [0.05, 0.1) is 26.4 Å². The summed E-state index contributed by atoms with van der Waals surface area (Å²) < 4.78 is 68.6. The molecule has 0 aromatic rings. The summed E-state index contributed by atoms with van der Waals surface area (Å²) >= 11 is 0. The first-order chi connectivity index (χ1) is 49.4. The van der Waals surface area contributed by atoms with E-state index in [0.717, 1.165) is 108 Å². The Morgan fingerprint density at radius 2 is 0.500 bits per heavy atom. The third-order valence-electron chi connectivity index (χ3n) is 19.8. The molecule has 6 atom stereocenters. The topological polar surface area (TPSA) is 237 Å². The van der Waals surface area contributed by atoms with Crippen LogP contribution in [0.25, 0.3) is 0 Å². The van der Waals surface area contributed by atoms with Crippen molar-refractivity contribution in [3.63, 3.8) is 0 Å². The average molecular weight is 1490 g/mol. The van der Waals surface area contributed by atoms with Crippen LogP contribution in [-0.4, -0.2) is 96.7 Å². The standard InChI is InChI=1S/C83H162O17P2/c1-7-10-12-14-15-16-17-18-19-20-24-27-34-39-44-49-55-61-67-82(87)99-78(71-93-80(85)65-59-51-13-11-8-2)73-97-101(89,90)95-69-77(84)70-96-102(91,92)98-74-79(72-94-81(86)66-60-54-48-43-38-33-30-29-32-37-42-47-53-58-64-76(6)9-3)100-83(88)68-62-56-50-45-40-35-28-25-22-21-23-26-31-36-41-46-52-57-63-75(4)5/h75-79,84H,7-74H2,1-6H3,(H,89,90)(H,91,92)/t76?,77-,78+,79+/m0/s1. The van der Waals surface area contributed by atoms with Crippen molar-refractivity contribution in [2.24, 2.45) is 11.8 Å². The maximum Gasteiger partial charge on any atom is 0.472 e. The first-order valence-corrected chi connectivity index (χ1v) is 46.0. The van der Waals surface area contributed by atoms with Gasteiger partial charge in [-0.15, -0.1) is 0 Å². The highest BCUT2D eigenvalue weighted by Gasteiger charge is 2.30. The molecular weight excluding hydrogens is 1330 g/mol. The van der Waals surface area contributed by atoms with Crippen molar-refractivity contribution in [2.75, 3.05) is 39.6 Å². The molecule has 0 rings (SSSR count). The monoisotopic (exact) mass is 1490 g/mol. The molecule has 0 fully saturated rings. The van der Waals surface area contributed by atoms with Crippen LogP contribution in [0.1, 0.15) is 440 Å². The van der Waals surface area contributed by atoms with Crippen LogP contribution < -0.4 is 0 Å². The largest absolute Gasteiger partial charge is 0.472 e. The molecule has 0 amide bonds. The zero-order valence-corrected chi connectivity index (χ0v) is 68.7. The van der Waals surface area contributed by atoms with Gasteiger partial charge in [0, 0.05) is 25.7 Å². The molecule has 19 heteroatoms. The first-order valence-electron chi connectivity index (χ1n) is 43.0. The molecule has 102 heavy (non-hydrogen) atoms. The molecular formula is C83H162O17P2. The molecule has 0 spiro atoms. The van der Waals surface area contributed by atoms with Crippen LogP contribution in [0.2, 0.25) is 0 Å². The van der Waals surface area contributed by atoms with E-state index in [4.69, 9.17) is 37.0 Å². The number of ether oxygens (including phenoxy) is 4. The number of phosphoric ester groups is 2. The predicted octanol–water partition coefficient (Wildman–Crippen LogP) is 25.1. The maximum atomic E-state index is 13.1. The SMILES string of the molecule is CCCCCCCCCCCCCCCCCCCCC(=O)O[C@H](COC(=O)CCCCCCC)COP(=O)(O)OC[C@H](O)COP(=O)(O)OC[C@@H](COC(=O)CCCCCCCCCCCCCCCCC(C)CC)OC(=O)CCCCCCCCCCCCCCCCCCCCC(C)C. The molecule has 3 unspecified atom stereocenters. The number of carbonyl (C=O) groups is 4. The summed E-state index contributed by atoms with van der Waals surface area (Å²) in [6, 6.07) is 0. The number of esters is 4. The van der Waals surface area contributed by atoms with Gasteiger partial charge in [0.2, 0.25) is 0 Å². The molecule has 0 aliphatic rings. The summed E-state index contributed by atoms with van der Waals surface area (Å²) in [7, 11) is -9.91. The Morgan fingerprint density at radius 3 is 0.745 bits per heavy atom. The number of hydrogen-bond donors (Lipinski definition) is 3. The molecule has 0 bridgehead atoms. The number of aliphatic hydroxyl groups excluding tert-OH is 1. The summed E-state index contributed by atoms with van der Waals surface area (Å²) in [5, 5.41) is 10.6. The minimum Gasteiger partial charge on any atom is -0.462 e. The van der Waals surface area contributed by atoms with E-state index in [1.807, 2.05) is 0 Å². The van der Waals surface area contributed by atoms with E-state index in [9.17, 15) is 43.2 Å². The Morgan fingerprint density at radius 1 is 0.284 bits per heavy atom. The van der Waals surface area contributed by atoms with Gasteiger partial charge >= 0.3 is 39.5 Å². The third kappa shape index (κ3) is 74.9.